The highest BCUT2D eigenvalue weighted by Crippen LogP contribution is 2.17. The minimum atomic E-state index is -2.80. The van der Waals surface area contributed by atoms with Gasteiger partial charge in [0.05, 0.1) is 11.5 Å². The molecule has 0 aliphatic carbocycles. The van der Waals surface area contributed by atoms with Crippen LogP contribution in [0, 0.1) is 5.92 Å². The van der Waals surface area contributed by atoms with Crippen LogP contribution >= 0.6 is 0 Å². The van der Waals surface area contributed by atoms with E-state index < -0.39 is 9.84 Å². The third kappa shape index (κ3) is 4.94. The minimum Gasteiger partial charge on any atom is -0.327 e. The van der Waals surface area contributed by atoms with Crippen molar-refractivity contribution in [2.75, 3.05) is 25.1 Å². The lowest BCUT2D eigenvalue weighted by molar-refractivity contribution is 0.227. The smallest absolute Gasteiger partial charge is 0.151 e. The highest BCUT2D eigenvalue weighted by molar-refractivity contribution is 7.91. The Morgan fingerprint density at radius 3 is 2.59 bits per heavy atom. The maximum atomic E-state index is 11.6. The highest BCUT2D eigenvalue weighted by Gasteiger charge is 2.27. The first-order valence-electron chi connectivity index (χ1n) is 6.48. The molecule has 1 saturated heterocycles. The predicted molar refractivity (Wildman–Crippen MR) is 71.7 cm³/mol. The standard InChI is InChI=1S/C12H26N2O2S/c1-10(2)12(13)6-7-14(3)11-5-4-8-17(15,16)9-11/h10-12H,4-9,13H2,1-3H3. The van der Waals surface area contributed by atoms with Gasteiger partial charge in [-0.1, -0.05) is 13.8 Å². The molecule has 2 N–H and O–H groups in total. The van der Waals surface area contributed by atoms with Gasteiger partial charge in [0.1, 0.15) is 0 Å². The monoisotopic (exact) mass is 262 g/mol. The number of sulfone groups is 1. The number of nitrogens with two attached hydrogens (primary N) is 1. The van der Waals surface area contributed by atoms with Gasteiger partial charge in [-0.15, -0.1) is 0 Å². The van der Waals surface area contributed by atoms with E-state index in [1.807, 2.05) is 7.05 Å². The van der Waals surface area contributed by atoms with E-state index in [9.17, 15) is 8.42 Å². The van der Waals surface area contributed by atoms with Crippen molar-refractivity contribution in [2.45, 2.75) is 45.2 Å². The molecule has 1 heterocycles. The van der Waals surface area contributed by atoms with Crippen molar-refractivity contribution >= 4 is 9.84 Å². The SMILES string of the molecule is CC(C)C(N)CCN(C)C1CCCS(=O)(=O)C1. The lowest BCUT2D eigenvalue weighted by Crippen LogP contribution is -2.43. The maximum absolute atomic E-state index is 11.6. The van der Waals surface area contributed by atoms with Gasteiger partial charge in [0, 0.05) is 12.1 Å². The van der Waals surface area contributed by atoms with Gasteiger partial charge in [0.25, 0.3) is 0 Å². The quantitative estimate of drug-likeness (QED) is 0.798. The van der Waals surface area contributed by atoms with Crippen molar-refractivity contribution in [1.29, 1.82) is 0 Å². The molecule has 5 heteroatoms. The topological polar surface area (TPSA) is 63.4 Å². The Kier molecular flexibility index (Phi) is 5.41. The minimum absolute atomic E-state index is 0.188. The van der Waals surface area contributed by atoms with Gasteiger partial charge < -0.3 is 10.6 Å². The van der Waals surface area contributed by atoms with Crippen molar-refractivity contribution in [2.24, 2.45) is 11.7 Å². The second kappa shape index (κ2) is 6.16. The van der Waals surface area contributed by atoms with E-state index in [1.165, 1.54) is 0 Å². The van der Waals surface area contributed by atoms with Gasteiger partial charge in [-0.3, -0.25) is 0 Å². The summed E-state index contributed by atoms with van der Waals surface area (Å²) >= 11 is 0. The second-order valence-corrected chi connectivity index (χ2v) is 7.82. The molecule has 0 spiro atoms. The Morgan fingerprint density at radius 2 is 2.06 bits per heavy atom. The molecule has 1 rings (SSSR count). The van der Waals surface area contributed by atoms with Crippen LogP contribution in [-0.2, 0) is 9.84 Å². The van der Waals surface area contributed by atoms with Crippen molar-refractivity contribution in [3.8, 4) is 0 Å². The molecule has 0 saturated carbocycles. The number of rotatable bonds is 5. The Bertz CT molecular complexity index is 327. The molecule has 0 radical (unpaired) electrons. The van der Waals surface area contributed by atoms with Crippen LogP contribution in [0.15, 0.2) is 0 Å². The summed E-state index contributed by atoms with van der Waals surface area (Å²) in [5.41, 5.74) is 6.00. The van der Waals surface area contributed by atoms with Crippen molar-refractivity contribution in [1.82, 2.24) is 4.90 Å². The van der Waals surface area contributed by atoms with E-state index in [2.05, 4.69) is 18.7 Å². The number of hydrogen-bond acceptors (Lipinski definition) is 4. The van der Waals surface area contributed by atoms with Gasteiger partial charge in [-0.2, -0.15) is 0 Å². The summed E-state index contributed by atoms with van der Waals surface area (Å²) in [6.45, 7) is 5.13. The molecule has 4 nitrogen and oxygen atoms in total. The first kappa shape index (κ1) is 14.9. The summed E-state index contributed by atoms with van der Waals surface area (Å²) in [4.78, 5) is 2.17. The number of hydrogen-bond donors (Lipinski definition) is 1. The first-order chi connectivity index (χ1) is 7.82. The van der Waals surface area contributed by atoms with E-state index in [0.717, 1.165) is 25.8 Å². The average Bonchev–Trinajstić information content (AvgIpc) is 2.23. The fraction of sp³-hybridized carbons (Fsp3) is 1.00. The molecule has 102 valence electrons. The van der Waals surface area contributed by atoms with Crippen LogP contribution in [0.1, 0.15) is 33.1 Å². The molecule has 2 atom stereocenters. The molecule has 0 bridgehead atoms. The van der Waals surface area contributed by atoms with Gasteiger partial charge >= 0.3 is 0 Å². The maximum Gasteiger partial charge on any atom is 0.151 e. The van der Waals surface area contributed by atoms with Crippen LogP contribution in [0.2, 0.25) is 0 Å². The Balaban J connectivity index is 2.40. The van der Waals surface area contributed by atoms with Crippen LogP contribution in [0.25, 0.3) is 0 Å². The molecule has 1 aliphatic rings. The van der Waals surface area contributed by atoms with E-state index in [4.69, 9.17) is 5.73 Å². The van der Waals surface area contributed by atoms with Crippen LogP contribution < -0.4 is 5.73 Å². The Morgan fingerprint density at radius 1 is 1.41 bits per heavy atom. The van der Waals surface area contributed by atoms with Crippen LogP contribution in [0.5, 0.6) is 0 Å². The largest absolute Gasteiger partial charge is 0.327 e. The van der Waals surface area contributed by atoms with Crippen molar-refractivity contribution in [3.63, 3.8) is 0 Å². The molecular formula is C12H26N2O2S. The molecule has 0 aromatic rings. The zero-order chi connectivity index (χ0) is 13.1. The predicted octanol–water partition coefficient (Wildman–Crippen LogP) is 0.869. The first-order valence-corrected chi connectivity index (χ1v) is 8.30. The normalized spacial score (nSPS) is 26.4. The summed E-state index contributed by atoms with van der Waals surface area (Å²) in [5, 5.41) is 0. The molecule has 0 aromatic carbocycles. The van der Waals surface area contributed by atoms with Gasteiger partial charge in [-0.25, -0.2) is 8.42 Å². The third-order valence-electron chi connectivity index (χ3n) is 3.73. The Labute approximate surface area is 105 Å². The third-order valence-corrected chi connectivity index (χ3v) is 5.54. The molecule has 0 amide bonds. The molecule has 1 fully saturated rings. The zero-order valence-corrected chi connectivity index (χ0v) is 12.0. The van der Waals surface area contributed by atoms with Gasteiger partial charge in [-0.05, 0) is 38.8 Å². The fourth-order valence-electron chi connectivity index (χ4n) is 2.21. The fourth-order valence-corrected chi connectivity index (χ4v) is 4.00. The summed E-state index contributed by atoms with van der Waals surface area (Å²) in [6, 6.07) is 0.394. The molecule has 2 unspecified atom stereocenters. The lowest BCUT2D eigenvalue weighted by Gasteiger charge is -2.32. The summed E-state index contributed by atoms with van der Waals surface area (Å²) in [6.07, 6.45) is 2.73. The van der Waals surface area contributed by atoms with Crippen LogP contribution in [0.3, 0.4) is 0 Å². The Hall–Kier alpha value is -0.130. The van der Waals surface area contributed by atoms with E-state index in [-0.39, 0.29) is 12.1 Å². The van der Waals surface area contributed by atoms with Gasteiger partial charge in [0.2, 0.25) is 0 Å². The van der Waals surface area contributed by atoms with E-state index >= 15 is 0 Å². The second-order valence-electron chi connectivity index (χ2n) is 5.59. The van der Waals surface area contributed by atoms with Crippen LogP contribution in [-0.4, -0.2) is 50.5 Å². The zero-order valence-electron chi connectivity index (χ0n) is 11.2. The van der Waals surface area contributed by atoms with Crippen LogP contribution in [0.4, 0.5) is 0 Å². The lowest BCUT2D eigenvalue weighted by atomic mass is 10.0. The van der Waals surface area contributed by atoms with E-state index in [0.29, 0.717) is 17.4 Å². The van der Waals surface area contributed by atoms with Crippen molar-refractivity contribution < 1.29 is 8.42 Å². The van der Waals surface area contributed by atoms with E-state index in [1.54, 1.807) is 0 Å². The highest BCUT2D eigenvalue weighted by atomic mass is 32.2. The molecular weight excluding hydrogens is 236 g/mol. The average molecular weight is 262 g/mol. The summed E-state index contributed by atoms with van der Waals surface area (Å²) in [5.74, 6) is 1.17. The molecule has 1 aliphatic heterocycles. The summed E-state index contributed by atoms with van der Waals surface area (Å²) < 4.78 is 23.1. The summed E-state index contributed by atoms with van der Waals surface area (Å²) in [7, 11) is -0.792. The number of nitrogens with zero attached hydrogens (tertiary/aromatic N) is 1. The van der Waals surface area contributed by atoms with Gasteiger partial charge in [0.15, 0.2) is 9.84 Å². The molecule has 17 heavy (non-hydrogen) atoms. The molecule has 0 aromatic heterocycles. The van der Waals surface area contributed by atoms with Crippen molar-refractivity contribution in [3.05, 3.63) is 0 Å².